The number of likely N-dealkylation sites (tertiary alicyclic amines) is 1. The van der Waals surface area contributed by atoms with Gasteiger partial charge in [-0.2, -0.15) is 0 Å². The van der Waals surface area contributed by atoms with Gasteiger partial charge in [-0.1, -0.05) is 65.9 Å². The second-order valence-corrected chi connectivity index (χ2v) is 7.32. The monoisotopic (exact) mass is 362 g/mol. The molecule has 0 aliphatic carbocycles. The van der Waals surface area contributed by atoms with E-state index in [2.05, 4.69) is 45.5 Å². The van der Waals surface area contributed by atoms with Gasteiger partial charge in [0.25, 0.3) is 0 Å². The fraction of sp³-hybridized carbons (Fsp3) is 0.364. The van der Waals surface area contributed by atoms with Gasteiger partial charge in [-0.05, 0) is 43.0 Å². The Balaban J connectivity index is 1.29. The molecule has 1 N–H and O–H groups in total. The molecule has 1 unspecified atom stereocenters. The summed E-state index contributed by atoms with van der Waals surface area (Å²) >= 11 is 0. The third kappa shape index (κ3) is 4.62. The number of piperidine rings is 1. The van der Waals surface area contributed by atoms with Gasteiger partial charge >= 0.3 is 0 Å². The van der Waals surface area contributed by atoms with Crippen molar-refractivity contribution in [3.05, 3.63) is 83.7 Å². The molecule has 1 aliphatic rings. The van der Waals surface area contributed by atoms with Crippen molar-refractivity contribution >= 4 is 0 Å². The fourth-order valence-electron chi connectivity index (χ4n) is 3.84. The molecular weight excluding hydrogens is 336 g/mol. The van der Waals surface area contributed by atoms with Crippen molar-refractivity contribution in [3.8, 4) is 0 Å². The van der Waals surface area contributed by atoms with Crippen LogP contribution in [0.2, 0.25) is 0 Å². The van der Waals surface area contributed by atoms with Crippen molar-refractivity contribution in [1.82, 2.24) is 19.9 Å². The SMILES string of the molecule is OC(Cn1cc(CN2CCC(c3ccccc3)CC2)nn1)c1ccccc1. The highest BCUT2D eigenvalue weighted by molar-refractivity contribution is 5.20. The van der Waals surface area contributed by atoms with Crippen molar-refractivity contribution in [2.24, 2.45) is 0 Å². The summed E-state index contributed by atoms with van der Waals surface area (Å²) in [6.45, 7) is 3.41. The maximum atomic E-state index is 10.3. The second-order valence-electron chi connectivity index (χ2n) is 7.32. The summed E-state index contributed by atoms with van der Waals surface area (Å²) in [5.41, 5.74) is 3.32. The molecule has 1 aromatic heterocycles. The number of aromatic nitrogens is 3. The van der Waals surface area contributed by atoms with Crippen molar-refractivity contribution in [1.29, 1.82) is 0 Å². The highest BCUT2D eigenvalue weighted by atomic mass is 16.3. The van der Waals surface area contributed by atoms with Crippen molar-refractivity contribution in [2.75, 3.05) is 13.1 Å². The molecule has 0 amide bonds. The summed E-state index contributed by atoms with van der Waals surface area (Å²) in [5, 5.41) is 18.8. The molecule has 0 saturated carbocycles. The Morgan fingerprint density at radius 2 is 1.63 bits per heavy atom. The van der Waals surface area contributed by atoms with Gasteiger partial charge in [-0.15, -0.1) is 5.10 Å². The molecule has 4 rings (SSSR count). The molecule has 5 nitrogen and oxygen atoms in total. The third-order valence-electron chi connectivity index (χ3n) is 5.37. The van der Waals surface area contributed by atoms with E-state index in [0.29, 0.717) is 12.5 Å². The van der Waals surface area contributed by atoms with Crippen LogP contribution in [0.4, 0.5) is 0 Å². The maximum Gasteiger partial charge on any atom is 0.0986 e. The minimum atomic E-state index is -0.567. The topological polar surface area (TPSA) is 54.2 Å². The van der Waals surface area contributed by atoms with Crippen molar-refractivity contribution in [3.63, 3.8) is 0 Å². The average molecular weight is 362 g/mol. The number of hydrogen-bond acceptors (Lipinski definition) is 4. The lowest BCUT2D eigenvalue weighted by Crippen LogP contribution is -2.32. The largest absolute Gasteiger partial charge is 0.386 e. The Hall–Kier alpha value is -2.50. The molecule has 2 heterocycles. The lowest BCUT2D eigenvalue weighted by molar-refractivity contribution is 0.150. The zero-order valence-electron chi connectivity index (χ0n) is 15.5. The fourth-order valence-corrected chi connectivity index (χ4v) is 3.84. The minimum Gasteiger partial charge on any atom is -0.386 e. The maximum absolute atomic E-state index is 10.3. The van der Waals surface area contributed by atoms with Gasteiger partial charge < -0.3 is 5.11 Å². The smallest absolute Gasteiger partial charge is 0.0986 e. The van der Waals surface area contributed by atoms with Gasteiger partial charge in [0.2, 0.25) is 0 Å². The van der Waals surface area contributed by atoms with Crippen LogP contribution in [-0.2, 0) is 13.1 Å². The first-order valence-electron chi connectivity index (χ1n) is 9.67. The average Bonchev–Trinajstić information content (AvgIpc) is 3.16. The number of hydrogen-bond donors (Lipinski definition) is 1. The van der Waals surface area contributed by atoms with E-state index in [1.54, 1.807) is 4.68 Å². The Labute approximate surface area is 160 Å². The predicted octanol–water partition coefficient (Wildman–Crippen LogP) is 3.39. The molecule has 5 heteroatoms. The number of benzene rings is 2. The zero-order chi connectivity index (χ0) is 18.5. The highest BCUT2D eigenvalue weighted by Crippen LogP contribution is 2.28. The number of aliphatic hydroxyl groups is 1. The number of nitrogens with zero attached hydrogens (tertiary/aromatic N) is 4. The standard InChI is InChI=1S/C22H26N4O/c27-22(20-9-5-2-6-10-20)17-26-16-21(23-24-26)15-25-13-11-19(12-14-25)18-7-3-1-4-8-18/h1-10,16,19,22,27H,11-15,17H2. The molecule has 1 fully saturated rings. The van der Waals surface area contributed by atoms with E-state index in [1.807, 2.05) is 36.5 Å². The molecule has 0 spiro atoms. The van der Waals surface area contributed by atoms with E-state index in [1.165, 1.54) is 18.4 Å². The summed E-state index contributed by atoms with van der Waals surface area (Å²) in [4.78, 5) is 2.45. The summed E-state index contributed by atoms with van der Waals surface area (Å²) in [6, 6.07) is 20.5. The van der Waals surface area contributed by atoms with Gasteiger partial charge in [0.1, 0.15) is 0 Å². The van der Waals surface area contributed by atoms with Crippen LogP contribution >= 0.6 is 0 Å². The van der Waals surface area contributed by atoms with Crippen molar-refractivity contribution in [2.45, 2.75) is 38.0 Å². The molecule has 3 aromatic rings. The molecule has 27 heavy (non-hydrogen) atoms. The van der Waals surface area contributed by atoms with Crippen LogP contribution in [0.25, 0.3) is 0 Å². The first-order chi connectivity index (χ1) is 13.3. The van der Waals surface area contributed by atoms with E-state index >= 15 is 0 Å². The van der Waals surface area contributed by atoms with Gasteiger partial charge in [0.15, 0.2) is 0 Å². The lowest BCUT2D eigenvalue weighted by Gasteiger charge is -2.31. The molecule has 1 atom stereocenters. The molecule has 1 aliphatic heterocycles. The Bertz CT molecular complexity index is 826. The molecule has 0 radical (unpaired) electrons. The van der Waals surface area contributed by atoms with Crippen molar-refractivity contribution < 1.29 is 5.11 Å². The zero-order valence-corrected chi connectivity index (χ0v) is 15.5. The van der Waals surface area contributed by atoms with Crippen LogP contribution in [0.15, 0.2) is 66.9 Å². The van der Waals surface area contributed by atoms with Gasteiger partial charge in [-0.25, -0.2) is 4.68 Å². The van der Waals surface area contributed by atoms with E-state index in [-0.39, 0.29) is 0 Å². The van der Waals surface area contributed by atoms with E-state index in [9.17, 15) is 5.11 Å². The molecular formula is C22H26N4O. The van der Waals surface area contributed by atoms with Crippen LogP contribution in [0, 0.1) is 0 Å². The highest BCUT2D eigenvalue weighted by Gasteiger charge is 2.21. The third-order valence-corrected chi connectivity index (χ3v) is 5.37. The molecule has 1 saturated heterocycles. The number of rotatable bonds is 6. The molecule has 2 aromatic carbocycles. The van der Waals surface area contributed by atoms with E-state index in [4.69, 9.17) is 0 Å². The van der Waals surface area contributed by atoms with Crippen LogP contribution < -0.4 is 0 Å². The molecule has 0 bridgehead atoms. The van der Waals surface area contributed by atoms with Crippen LogP contribution in [-0.4, -0.2) is 38.1 Å². The summed E-state index contributed by atoms with van der Waals surface area (Å²) < 4.78 is 1.74. The number of aliphatic hydroxyl groups excluding tert-OH is 1. The summed E-state index contributed by atoms with van der Waals surface area (Å²) in [5.74, 6) is 0.666. The minimum absolute atomic E-state index is 0.424. The normalized spacial score (nSPS) is 17.1. The summed E-state index contributed by atoms with van der Waals surface area (Å²) in [6.07, 6.45) is 3.76. The second kappa shape index (κ2) is 8.46. The lowest BCUT2D eigenvalue weighted by atomic mass is 9.89. The quantitative estimate of drug-likeness (QED) is 0.730. The first kappa shape index (κ1) is 17.9. The van der Waals surface area contributed by atoms with E-state index < -0.39 is 6.10 Å². The predicted molar refractivity (Wildman–Crippen MR) is 105 cm³/mol. The van der Waals surface area contributed by atoms with Gasteiger partial charge in [0, 0.05) is 12.7 Å². The van der Waals surface area contributed by atoms with Gasteiger partial charge in [-0.3, -0.25) is 4.90 Å². The Kier molecular flexibility index (Phi) is 5.61. The Morgan fingerprint density at radius 3 is 2.33 bits per heavy atom. The van der Waals surface area contributed by atoms with E-state index in [0.717, 1.165) is 30.9 Å². The van der Waals surface area contributed by atoms with Crippen LogP contribution in [0.1, 0.15) is 41.7 Å². The Morgan fingerprint density at radius 1 is 0.963 bits per heavy atom. The van der Waals surface area contributed by atoms with Crippen LogP contribution in [0.5, 0.6) is 0 Å². The summed E-state index contributed by atoms with van der Waals surface area (Å²) in [7, 11) is 0. The van der Waals surface area contributed by atoms with Gasteiger partial charge in [0.05, 0.1) is 18.3 Å². The first-order valence-corrected chi connectivity index (χ1v) is 9.67. The van der Waals surface area contributed by atoms with Crippen LogP contribution in [0.3, 0.4) is 0 Å². The molecule has 140 valence electrons.